The van der Waals surface area contributed by atoms with Gasteiger partial charge >= 0.3 is 0 Å². The molecule has 62 heavy (non-hydrogen) atoms. The molecule has 12 aromatic rings. The second-order valence-corrected chi connectivity index (χ2v) is 15.6. The number of para-hydroxylation sites is 2. The van der Waals surface area contributed by atoms with Gasteiger partial charge in [0.25, 0.3) is 0 Å². The fraction of sp³-hybridized carbons (Fsp3) is 0. The van der Waals surface area contributed by atoms with Gasteiger partial charge in [-0.25, -0.2) is 15.0 Å². The molecular formula is C57H36N4O. The predicted octanol–water partition coefficient (Wildman–Crippen LogP) is 14.9. The second-order valence-electron chi connectivity index (χ2n) is 15.6. The quantitative estimate of drug-likeness (QED) is 0.161. The van der Waals surface area contributed by atoms with Crippen molar-refractivity contribution in [1.82, 2.24) is 19.5 Å². The van der Waals surface area contributed by atoms with Crippen LogP contribution in [0, 0.1) is 0 Å². The van der Waals surface area contributed by atoms with E-state index >= 15 is 0 Å². The van der Waals surface area contributed by atoms with Crippen molar-refractivity contribution in [3.63, 3.8) is 0 Å². The molecule has 3 aromatic heterocycles. The van der Waals surface area contributed by atoms with Crippen LogP contribution in [0.2, 0.25) is 0 Å². The highest BCUT2D eigenvalue weighted by molar-refractivity contribution is 6.18. The van der Waals surface area contributed by atoms with Crippen LogP contribution in [0.1, 0.15) is 0 Å². The fourth-order valence-electron chi connectivity index (χ4n) is 8.96. The summed E-state index contributed by atoms with van der Waals surface area (Å²) in [5.41, 5.74) is 14.2. The first kappa shape index (κ1) is 35.5. The van der Waals surface area contributed by atoms with Crippen LogP contribution in [0.4, 0.5) is 0 Å². The molecule has 0 saturated carbocycles. The Morgan fingerprint density at radius 2 is 0.774 bits per heavy atom. The molecule has 290 valence electrons. The van der Waals surface area contributed by atoms with Gasteiger partial charge in [-0.2, -0.15) is 0 Å². The van der Waals surface area contributed by atoms with Crippen LogP contribution < -0.4 is 0 Å². The number of aromatic nitrogens is 4. The first-order valence-electron chi connectivity index (χ1n) is 20.8. The average Bonchev–Trinajstić information content (AvgIpc) is 3.91. The predicted molar refractivity (Wildman–Crippen MR) is 254 cm³/mol. The maximum Gasteiger partial charge on any atom is 0.164 e. The van der Waals surface area contributed by atoms with E-state index in [1.807, 2.05) is 48.5 Å². The minimum Gasteiger partial charge on any atom is -0.456 e. The lowest BCUT2D eigenvalue weighted by Crippen LogP contribution is -2.01. The summed E-state index contributed by atoms with van der Waals surface area (Å²) in [6.45, 7) is 0. The summed E-state index contributed by atoms with van der Waals surface area (Å²) in [7, 11) is 0. The molecule has 0 amide bonds. The Morgan fingerprint density at radius 1 is 0.306 bits per heavy atom. The van der Waals surface area contributed by atoms with Crippen molar-refractivity contribution < 1.29 is 4.42 Å². The van der Waals surface area contributed by atoms with E-state index in [4.69, 9.17) is 19.4 Å². The largest absolute Gasteiger partial charge is 0.456 e. The smallest absolute Gasteiger partial charge is 0.164 e. The number of hydrogen-bond donors (Lipinski definition) is 0. The summed E-state index contributed by atoms with van der Waals surface area (Å²) in [4.78, 5) is 15.7. The normalized spacial score (nSPS) is 11.5. The van der Waals surface area contributed by atoms with Gasteiger partial charge in [-0.3, -0.25) is 0 Å². The number of benzene rings is 9. The summed E-state index contributed by atoms with van der Waals surface area (Å²) < 4.78 is 9.36. The van der Waals surface area contributed by atoms with Crippen molar-refractivity contribution >= 4 is 43.7 Å². The summed E-state index contributed by atoms with van der Waals surface area (Å²) in [5.74, 6) is 1.77. The fourth-order valence-corrected chi connectivity index (χ4v) is 8.96. The van der Waals surface area contributed by atoms with Crippen LogP contribution in [0.3, 0.4) is 0 Å². The first-order chi connectivity index (χ1) is 30.7. The number of fused-ring (bicyclic) bond motifs is 6. The summed E-state index contributed by atoms with van der Waals surface area (Å²) in [6, 6.07) is 76.3. The lowest BCUT2D eigenvalue weighted by atomic mass is 9.96. The van der Waals surface area contributed by atoms with Crippen molar-refractivity contribution in [2.75, 3.05) is 0 Å². The molecule has 0 N–H and O–H groups in total. The number of rotatable bonds is 7. The van der Waals surface area contributed by atoms with E-state index < -0.39 is 0 Å². The minimum atomic E-state index is 0.570. The Kier molecular flexibility index (Phi) is 8.42. The molecule has 12 rings (SSSR count). The van der Waals surface area contributed by atoms with Gasteiger partial charge in [-0.05, 0) is 75.8 Å². The van der Waals surface area contributed by atoms with Gasteiger partial charge in [0.2, 0.25) is 0 Å². The van der Waals surface area contributed by atoms with Gasteiger partial charge in [0.1, 0.15) is 11.2 Å². The van der Waals surface area contributed by atoms with Crippen molar-refractivity contribution in [1.29, 1.82) is 0 Å². The maximum absolute atomic E-state index is 6.96. The first-order valence-corrected chi connectivity index (χ1v) is 20.8. The molecule has 9 aromatic carbocycles. The molecule has 0 spiro atoms. The highest BCUT2D eigenvalue weighted by Gasteiger charge is 2.23. The number of hydrogen-bond acceptors (Lipinski definition) is 4. The topological polar surface area (TPSA) is 56.7 Å². The van der Waals surface area contributed by atoms with Gasteiger partial charge < -0.3 is 8.98 Å². The van der Waals surface area contributed by atoms with Crippen LogP contribution in [0.25, 0.3) is 117 Å². The van der Waals surface area contributed by atoms with Crippen LogP contribution in [0.5, 0.6) is 0 Å². The van der Waals surface area contributed by atoms with Crippen molar-refractivity contribution in [3.05, 3.63) is 218 Å². The Bertz CT molecular complexity index is 3580. The maximum atomic E-state index is 6.96. The molecule has 0 aliphatic carbocycles. The van der Waals surface area contributed by atoms with Crippen LogP contribution in [-0.4, -0.2) is 19.5 Å². The molecule has 5 nitrogen and oxygen atoms in total. The van der Waals surface area contributed by atoms with Crippen LogP contribution >= 0.6 is 0 Å². The lowest BCUT2D eigenvalue weighted by Gasteiger charge is -2.14. The molecule has 0 saturated heterocycles. The molecule has 0 bridgehead atoms. The number of furan rings is 1. The van der Waals surface area contributed by atoms with Gasteiger partial charge in [-0.1, -0.05) is 176 Å². The van der Waals surface area contributed by atoms with Gasteiger partial charge in [-0.15, -0.1) is 0 Å². The average molecular weight is 793 g/mol. The van der Waals surface area contributed by atoms with Gasteiger partial charge in [0, 0.05) is 32.8 Å². The molecule has 5 heteroatoms. The third-order valence-electron chi connectivity index (χ3n) is 11.8. The third kappa shape index (κ3) is 6.06. The molecule has 0 unspecified atom stereocenters. The molecule has 0 aliphatic rings. The summed E-state index contributed by atoms with van der Waals surface area (Å²) in [5, 5.41) is 4.30. The van der Waals surface area contributed by atoms with E-state index in [2.05, 4.69) is 174 Å². The Balaban J connectivity index is 1.14. The number of nitrogens with zero attached hydrogens (tertiary/aromatic N) is 4. The second kappa shape index (κ2) is 14.7. The molecule has 0 aliphatic heterocycles. The zero-order valence-corrected chi connectivity index (χ0v) is 33.5. The Morgan fingerprint density at radius 3 is 1.40 bits per heavy atom. The Labute approximate surface area is 357 Å². The zero-order chi connectivity index (χ0) is 41.0. The van der Waals surface area contributed by atoms with Crippen LogP contribution in [0.15, 0.2) is 223 Å². The van der Waals surface area contributed by atoms with Crippen molar-refractivity contribution in [3.8, 4) is 73.2 Å². The lowest BCUT2D eigenvalue weighted by molar-refractivity contribution is 0.669. The SMILES string of the molecule is c1ccc(-c2cccc(-c3cc(-n4c5ccccc5c5ccccc54)c4c(c3)oc3cccc(-c5nc(-c6ccccc6)nc(-c6cccc(-c7ccccc7)c6)n5)c34)c2)cc1. The van der Waals surface area contributed by atoms with E-state index in [1.54, 1.807) is 0 Å². The molecule has 0 radical (unpaired) electrons. The molecule has 0 fully saturated rings. The van der Waals surface area contributed by atoms with Crippen LogP contribution in [-0.2, 0) is 0 Å². The molecule has 0 atom stereocenters. The molecular weight excluding hydrogens is 757 g/mol. The minimum absolute atomic E-state index is 0.570. The summed E-state index contributed by atoms with van der Waals surface area (Å²) in [6.07, 6.45) is 0. The highest BCUT2D eigenvalue weighted by Crippen LogP contribution is 2.44. The Hall–Kier alpha value is -8.41. The van der Waals surface area contributed by atoms with Gasteiger partial charge in [0.15, 0.2) is 17.5 Å². The molecule has 3 heterocycles. The zero-order valence-electron chi connectivity index (χ0n) is 33.5. The van der Waals surface area contributed by atoms with E-state index in [1.165, 1.54) is 16.3 Å². The standard InChI is InChI=1S/C57H36N4O/c1-4-17-37(18-5-1)40-23-14-25-42(33-40)44-35-50(61-48-30-12-10-27-45(48)46-28-11-13-31-49(46)61)54-52(36-44)62-51-32-16-29-47(53(51)54)57-59-55(39-21-8-3-9-22-39)58-56(60-57)43-26-15-24-41(34-43)38-19-6-2-7-20-38/h1-36H. The summed E-state index contributed by atoms with van der Waals surface area (Å²) >= 11 is 0. The van der Waals surface area contributed by atoms with E-state index in [9.17, 15) is 0 Å². The monoisotopic (exact) mass is 792 g/mol. The van der Waals surface area contributed by atoms with E-state index in [0.717, 1.165) is 83.2 Å². The third-order valence-corrected chi connectivity index (χ3v) is 11.8. The van der Waals surface area contributed by atoms with Crippen molar-refractivity contribution in [2.24, 2.45) is 0 Å². The highest BCUT2D eigenvalue weighted by atomic mass is 16.3. The van der Waals surface area contributed by atoms with E-state index in [0.29, 0.717) is 17.5 Å². The van der Waals surface area contributed by atoms with Gasteiger partial charge in [0.05, 0.1) is 22.1 Å². The van der Waals surface area contributed by atoms with E-state index in [-0.39, 0.29) is 0 Å². The van der Waals surface area contributed by atoms with Crippen molar-refractivity contribution in [2.45, 2.75) is 0 Å².